The van der Waals surface area contributed by atoms with E-state index in [9.17, 15) is 5.11 Å². The van der Waals surface area contributed by atoms with Crippen LogP contribution in [0.2, 0.25) is 0 Å². The zero-order chi connectivity index (χ0) is 10.9. The van der Waals surface area contributed by atoms with Crippen LogP contribution < -0.4 is 0 Å². The highest BCUT2D eigenvalue weighted by molar-refractivity contribution is 5.16. The highest BCUT2D eigenvalue weighted by Crippen LogP contribution is 2.15. The lowest BCUT2D eigenvalue weighted by Crippen LogP contribution is -2.04. The minimum absolute atomic E-state index is 0.396. The molecule has 0 aliphatic heterocycles. The molecule has 1 atom stereocenters. The van der Waals surface area contributed by atoms with E-state index in [1.54, 1.807) is 0 Å². The van der Waals surface area contributed by atoms with Crippen molar-refractivity contribution in [1.82, 2.24) is 0 Å². The van der Waals surface area contributed by atoms with Gasteiger partial charge >= 0.3 is 0 Å². The molecule has 1 rings (SSSR count). The van der Waals surface area contributed by atoms with E-state index in [-0.39, 0.29) is 0 Å². The van der Waals surface area contributed by atoms with Crippen molar-refractivity contribution in [2.45, 2.75) is 32.3 Å². The van der Waals surface area contributed by atoms with Crippen LogP contribution in [0.15, 0.2) is 30.3 Å². The number of unbranched alkanes of at least 4 members (excludes halogenated alkanes) is 1. The predicted molar refractivity (Wildman–Crippen MR) is 61.7 cm³/mol. The summed E-state index contributed by atoms with van der Waals surface area (Å²) in [4.78, 5) is 0. The van der Waals surface area contributed by atoms with Crippen LogP contribution in [0.25, 0.3) is 0 Å². The fourth-order valence-corrected chi connectivity index (χ4v) is 1.39. The second-order valence-corrected chi connectivity index (χ2v) is 3.68. The molecule has 0 radical (unpaired) electrons. The molecule has 1 aromatic rings. The van der Waals surface area contributed by atoms with Gasteiger partial charge in [0, 0.05) is 19.6 Å². The highest BCUT2D eigenvalue weighted by atomic mass is 16.5. The largest absolute Gasteiger partial charge is 0.388 e. The van der Waals surface area contributed by atoms with Crippen molar-refractivity contribution in [3.05, 3.63) is 35.9 Å². The lowest BCUT2D eigenvalue weighted by atomic mass is 10.1. The number of benzene rings is 1. The third kappa shape index (κ3) is 4.96. The van der Waals surface area contributed by atoms with Gasteiger partial charge in [0.15, 0.2) is 0 Å². The first kappa shape index (κ1) is 12.2. The van der Waals surface area contributed by atoms with E-state index >= 15 is 0 Å². The Balaban J connectivity index is 2.16. The zero-order valence-electron chi connectivity index (χ0n) is 9.36. The molecule has 84 valence electrons. The maximum Gasteiger partial charge on any atom is 0.0812 e. The Bertz CT molecular complexity index is 246. The Morgan fingerprint density at radius 2 is 1.93 bits per heavy atom. The lowest BCUT2D eigenvalue weighted by Gasteiger charge is -2.10. The normalized spacial score (nSPS) is 12.7. The third-order valence-electron chi connectivity index (χ3n) is 2.36. The molecule has 0 aromatic heterocycles. The van der Waals surface area contributed by atoms with Gasteiger partial charge in [-0.15, -0.1) is 0 Å². The average molecular weight is 208 g/mol. The molecule has 0 fully saturated rings. The molecule has 15 heavy (non-hydrogen) atoms. The first-order valence-electron chi connectivity index (χ1n) is 5.65. The van der Waals surface area contributed by atoms with Gasteiger partial charge in [-0.3, -0.25) is 0 Å². The van der Waals surface area contributed by atoms with Gasteiger partial charge in [0.05, 0.1) is 6.10 Å². The van der Waals surface area contributed by atoms with Gasteiger partial charge in [-0.05, 0) is 12.0 Å². The van der Waals surface area contributed by atoms with Crippen LogP contribution >= 0.6 is 0 Å². The molecule has 0 saturated carbocycles. The first-order valence-corrected chi connectivity index (χ1v) is 5.65. The van der Waals surface area contributed by atoms with E-state index in [2.05, 4.69) is 6.92 Å². The van der Waals surface area contributed by atoms with E-state index in [1.807, 2.05) is 30.3 Å². The number of aliphatic hydroxyl groups is 1. The monoisotopic (exact) mass is 208 g/mol. The predicted octanol–water partition coefficient (Wildman–Crippen LogP) is 2.93. The molecule has 2 heteroatoms. The molecule has 1 unspecified atom stereocenters. The second kappa shape index (κ2) is 7.43. The average Bonchev–Trinajstić information content (AvgIpc) is 2.30. The molecule has 1 N–H and O–H groups in total. The van der Waals surface area contributed by atoms with Crippen molar-refractivity contribution in [1.29, 1.82) is 0 Å². The van der Waals surface area contributed by atoms with Gasteiger partial charge in [0.1, 0.15) is 0 Å². The highest BCUT2D eigenvalue weighted by Gasteiger charge is 2.05. The topological polar surface area (TPSA) is 29.5 Å². The molecular weight excluding hydrogens is 188 g/mol. The van der Waals surface area contributed by atoms with Crippen LogP contribution in [-0.4, -0.2) is 18.3 Å². The number of aliphatic hydroxyl groups excluding tert-OH is 1. The molecular formula is C13H20O2. The van der Waals surface area contributed by atoms with E-state index in [0.717, 1.165) is 25.0 Å². The molecule has 0 amide bonds. The van der Waals surface area contributed by atoms with Crippen LogP contribution in [0.3, 0.4) is 0 Å². The molecule has 2 nitrogen and oxygen atoms in total. The molecule has 1 aromatic carbocycles. The number of ether oxygens (including phenoxy) is 1. The molecule has 0 aliphatic rings. The minimum atomic E-state index is -0.396. The summed E-state index contributed by atoms with van der Waals surface area (Å²) >= 11 is 0. The van der Waals surface area contributed by atoms with Crippen molar-refractivity contribution in [3.8, 4) is 0 Å². The SMILES string of the molecule is CCCCOCCC(O)c1ccccc1. The number of hydrogen-bond donors (Lipinski definition) is 1. The molecule has 0 spiro atoms. The minimum Gasteiger partial charge on any atom is -0.388 e. The Labute approximate surface area is 91.9 Å². The summed E-state index contributed by atoms with van der Waals surface area (Å²) in [5, 5.41) is 9.80. The van der Waals surface area contributed by atoms with Crippen molar-refractivity contribution < 1.29 is 9.84 Å². The van der Waals surface area contributed by atoms with Crippen molar-refractivity contribution in [2.75, 3.05) is 13.2 Å². The first-order chi connectivity index (χ1) is 7.34. The van der Waals surface area contributed by atoms with Crippen LogP contribution in [0.1, 0.15) is 37.9 Å². The summed E-state index contributed by atoms with van der Waals surface area (Å²) in [5.74, 6) is 0. The summed E-state index contributed by atoms with van der Waals surface area (Å²) in [6.45, 7) is 3.58. The molecule has 0 heterocycles. The van der Waals surface area contributed by atoms with Crippen LogP contribution in [0, 0.1) is 0 Å². The van der Waals surface area contributed by atoms with Gasteiger partial charge in [-0.25, -0.2) is 0 Å². The van der Waals surface area contributed by atoms with Gasteiger partial charge in [-0.2, -0.15) is 0 Å². The molecule has 0 aliphatic carbocycles. The van der Waals surface area contributed by atoms with E-state index in [0.29, 0.717) is 13.0 Å². The maximum absolute atomic E-state index is 9.80. The Kier molecular flexibility index (Phi) is 6.05. The maximum atomic E-state index is 9.80. The van der Waals surface area contributed by atoms with Crippen LogP contribution in [0.4, 0.5) is 0 Å². The van der Waals surface area contributed by atoms with Crippen LogP contribution in [-0.2, 0) is 4.74 Å². The van der Waals surface area contributed by atoms with Gasteiger partial charge in [0.25, 0.3) is 0 Å². The smallest absolute Gasteiger partial charge is 0.0812 e. The Morgan fingerprint density at radius 1 is 1.20 bits per heavy atom. The number of hydrogen-bond acceptors (Lipinski definition) is 2. The molecule has 0 bridgehead atoms. The lowest BCUT2D eigenvalue weighted by molar-refractivity contribution is 0.0805. The fourth-order valence-electron chi connectivity index (χ4n) is 1.39. The Hall–Kier alpha value is -0.860. The van der Waals surface area contributed by atoms with Crippen molar-refractivity contribution >= 4 is 0 Å². The van der Waals surface area contributed by atoms with Crippen LogP contribution in [0.5, 0.6) is 0 Å². The standard InChI is InChI=1S/C13H20O2/c1-2-3-10-15-11-9-13(14)12-7-5-4-6-8-12/h4-8,13-14H,2-3,9-11H2,1H3. The summed E-state index contributed by atoms with van der Waals surface area (Å²) < 4.78 is 5.41. The zero-order valence-corrected chi connectivity index (χ0v) is 9.36. The number of rotatable bonds is 7. The summed E-state index contributed by atoms with van der Waals surface area (Å²) in [6.07, 6.45) is 2.53. The van der Waals surface area contributed by atoms with Gasteiger partial charge in [-0.1, -0.05) is 43.7 Å². The van der Waals surface area contributed by atoms with Gasteiger partial charge in [0.2, 0.25) is 0 Å². The van der Waals surface area contributed by atoms with Gasteiger partial charge < -0.3 is 9.84 Å². The third-order valence-corrected chi connectivity index (χ3v) is 2.36. The van der Waals surface area contributed by atoms with Crippen molar-refractivity contribution in [2.24, 2.45) is 0 Å². The Morgan fingerprint density at radius 3 is 2.60 bits per heavy atom. The van der Waals surface area contributed by atoms with E-state index in [1.165, 1.54) is 0 Å². The summed E-state index contributed by atoms with van der Waals surface area (Å²) in [5.41, 5.74) is 0.969. The summed E-state index contributed by atoms with van der Waals surface area (Å²) in [6, 6.07) is 9.72. The quantitative estimate of drug-likeness (QED) is 0.698. The van der Waals surface area contributed by atoms with E-state index in [4.69, 9.17) is 4.74 Å². The van der Waals surface area contributed by atoms with E-state index < -0.39 is 6.10 Å². The fraction of sp³-hybridized carbons (Fsp3) is 0.538. The van der Waals surface area contributed by atoms with Crippen molar-refractivity contribution in [3.63, 3.8) is 0 Å². The molecule has 0 saturated heterocycles. The second-order valence-electron chi connectivity index (χ2n) is 3.68. The summed E-state index contributed by atoms with van der Waals surface area (Å²) in [7, 11) is 0.